The number of tetrazole rings is 1. The number of carbonyl (C=O) groups is 1. The van der Waals surface area contributed by atoms with E-state index in [0.29, 0.717) is 25.0 Å². The second-order valence-electron chi connectivity index (χ2n) is 9.13. The van der Waals surface area contributed by atoms with Crippen LogP contribution in [0.2, 0.25) is 0 Å². The van der Waals surface area contributed by atoms with Crippen LogP contribution in [0.1, 0.15) is 75.4 Å². The first-order valence-electron chi connectivity index (χ1n) is 12.3. The van der Waals surface area contributed by atoms with E-state index in [4.69, 9.17) is 4.74 Å². The number of hydrogen-bond acceptors (Lipinski definition) is 7. The lowest BCUT2D eigenvalue weighted by Crippen LogP contribution is -2.39. The molecule has 0 unspecified atom stereocenters. The van der Waals surface area contributed by atoms with Gasteiger partial charge in [-0.05, 0) is 66.6 Å². The molecule has 1 saturated carbocycles. The third-order valence-corrected chi connectivity index (χ3v) is 6.63. The molecule has 9 heteroatoms. The summed E-state index contributed by atoms with van der Waals surface area (Å²) in [6.45, 7) is 6.72. The summed E-state index contributed by atoms with van der Waals surface area (Å²) in [5, 5.41) is 13.3. The fourth-order valence-electron chi connectivity index (χ4n) is 5.01. The largest absolute Gasteiger partial charge is 0.465 e. The smallest absolute Gasteiger partial charge is 0.327 e. The van der Waals surface area contributed by atoms with Crippen molar-refractivity contribution in [3.05, 3.63) is 51.6 Å². The summed E-state index contributed by atoms with van der Waals surface area (Å²) in [5.74, 6) is 0.287. The van der Waals surface area contributed by atoms with Crippen molar-refractivity contribution in [1.29, 1.82) is 0 Å². The van der Waals surface area contributed by atoms with E-state index < -0.39 is 0 Å². The maximum atomic E-state index is 13.1. The maximum absolute atomic E-state index is 13.1. The van der Waals surface area contributed by atoms with Gasteiger partial charge in [0.05, 0.1) is 12.6 Å². The summed E-state index contributed by atoms with van der Waals surface area (Å²) < 4.78 is 6.67. The topological polar surface area (TPSA) is 106 Å². The number of esters is 1. The van der Waals surface area contributed by atoms with Gasteiger partial charge in [-0.1, -0.05) is 38.3 Å². The van der Waals surface area contributed by atoms with Crippen LogP contribution in [-0.2, 0) is 22.6 Å². The van der Waals surface area contributed by atoms with E-state index in [1.807, 2.05) is 25.1 Å². The van der Waals surface area contributed by atoms with Crippen molar-refractivity contribution < 1.29 is 9.53 Å². The number of pyridine rings is 1. The molecular weight excluding hydrogens is 432 g/mol. The first-order chi connectivity index (χ1) is 16.5. The normalized spacial score (nSPS) is 15.3. The van der Waals surface area contributed by atoms with Crippen LogP contribution in [0.15, 0.2) is 29.1 Å². The van der Waals surface area contributed by atoms with E-state index in [9.17, 15) is 9.59 Å². The van der Waals surface area contributed by atoms with Crippen LogP contribution in [0.3, 0.4) is 0 Å². The van der Waals surface area contributed by atoms with Crippen LogP contribution in [0.25, 0.3) is 10.9 Å². The summed E-state index contributed by atoms with van der Waals surface area (Å²) >= 11 is 0. The molecule has 34 heavy (non-hydrogen) atoms. The number of aryl methyl sites for hydroxylation is 1. The van der Waals surface area contributed by atoms with Crippen LogP contribution < -0.4 is 5.56 Å². The molecule has 1 aromatic carbocycles. The molecule has 1 atom stereocenters. The van der Waals surface area contributed by atoms with Crippen molar-refractivity contribution in [2.24, 2.45) is 0 Å². The van der Waals surface area contributed by atoms with Crippen molar-refractivity contribution in [2.45, 2.75) is 84.5 Å². The third kappa shape index (κ3) is 5.35. The second-order valence-corrected chi connectivity index (χ2v) is 9.13. The monoisotopic (exact) mass is 466 g/mol. The molecule has 2 heterocycles. The van der Waals surface area contributed by atoms with E-state index in [2.05, 4.69) is 38.4 Å². The Labute approximate surface area is 199 Å². The minimum absolute atomic E-state index is 0.0230. The Bertz CT molecular complexity index is 1180. The van der Waals surface area contributed by atoms with Crippen LogP contribution in [0.4, 0.5) is 0 Å². The van der Waals surface area contributed by atoms with Gasteiger partial charge in [0, 0.05) is 23.7 Å². The molecule has 1 aliphatic rings. The number of aromatic amines is 1. The Morgan fingerprint density at radius 1 is 1.26 bits per heavy atom. The number of rotatable bonds is 10. The highest BCUT2D eigenvalue weighted by molar-refractivity contribution is 5.79. The van der Waals surface area contributed by atoms with Gasteiger partial charge in [0.2, 0.25) is 0 Å². The SMILES string of the molecule is CCC[C@@H](c1nnnn1CC(=O)OCC)N(Cc1cc2ccc(C)cc2[nH]c1=O)C1CCCC1. The van der Waals surface area contributed by atoms with Crippen molar-refractivity contribution in [1.82, 2.24) is 30.1 Å². The second kappa shape index (κ2) is 10.9. The van der Waals surface area contributed by atoms with Crippen molar-refractivity contribution in [3.63, 3.8) is 0 Å². The Balaban J connectivity index is 1.70. The summed E-state index contributed by atoms with van der Waals surface area (Å²) in [5.41, 5.74) is 2.63. The molecule has 0 amide bonds. The summed E-state index contributed by atoms with van der Waals surface area (Å²) in [6.07, 6.45) is 6.23. The molecular formula is C25H34N6O3. The molecule has 0 aliphatic heterocycles. The van der Waals surface area contributed by atoms with Gasteiger partial charge >= 0.3 is 5.97 Å². The van der Waals surface area contributed by atoms with Crippen LogP contribution in [-0.4, -0.2) is 48.7 Å². The van der Waals surface area contributed by atoms with Gasteiger partial charge in [0.1, 0.15) is 6.54 Å². The third-order valence-electron chi connectivity index (χ3n) is 6.63. The average molecular weight is 467 g/mol. The minimum Gasteiger partial charge on any atom is -0.465 e. The Morgan fingerprint density at radius 2 is 2.06 bits per heavy atom. The van der Waals surface area contributed by atoms with Gasteiger partial charge in [-0.15, -0.1) is 5.10 Å². The summed E-state index contributed by atoms with van der Waals surface area (Å²) in [7, 11) is 0. The first-order valence-corrected chi connectivity index (χ1v) is 12.3. The van der Waals surface area contributed by atoms with Crippen molar-refractivity contribution in [2.75, 3.05) is 6.61 Å². The number of hydrogen-bond donors (Lipinski definition) is 1. The molecule has 3 aromatic rings. The first kappa shape index (κ1) is 24.1. The molecule has 1 fully saturated rings. The summed E-state index contributed by atoms with van der Waals surface area (Å²) in [4.78, 5) is 30.7. The highest BCUT2D eigenvalue weighted by atomic mass is 16.5. The highest BCUT2D eigenvalue weighted by Crippen LogP contribution is 2.34. The van der Waals surface area contributed by atoms with Crippen molar-refractivity contribution in [3.8, 4) is 0 Å². The molecule has 9 nitrogen and oxygen atoms in total. The molecule has 4 rings (SSSR count). The predicted octanol–water partition coefficient (Wildman–Crippen LogP) is 3.67. The molecule has 2 aromatic heterocycles. The molecule has 182 valence electrons. The van der Waals surface area contributed by atoms with E-state index in [0.717, 1.165) is 47.7 Å². The van der Waals surface area contributed by atoms with Gasteiger partial charge in [-0.3, -0.25) is 14.5 Å². The number of H-pyrrole nitrogens is 1. The minimum atomic E-state index is -0.361. The van der Waals surface area contributed by atoms with Gasteiger partial charge in [-0.25, -0.2) is 4.68 Å². The van der Waals surface area contributed by atoms with Crippen LogP contribution >= 0.6 is 0 Å². The highest BCUT2D eigenvalue weighted by Gasteiger charge is 2.33. The molecule has 0 radical (unpaired) electrons. The quantitative estimate of drug-likeness (QED) is 0.454. The fraction of sp³-hybridized carbons (Fsp3) is 0.560. The Kier molecular flexibility index (Phi) is 7.72. The Hall–Kier alpha value is -3.07. The lowest BCUT2D eigenvalue weighted by molar-refractivity contribution is -0.144. The van der Waals surface area contributed by atoms with Gasteiger partial charge < -0.3 is 9.72 Å². The zero-order chi connectivity index (χ0) is 24.1. The molecule has 0 spiro atoms. The zero-order valence-corrected chi connectivity index (χ0v) is 20.3. The average Bonchev–Trinajstić information content (AvgIpc) is 3.49. The lowest BCUT2D eigenvalue weighted by Gasteiger charge is -2.35. The number of ether oxygens (including phenoxy) is 1. The molecule has 0 bridgehead atoms. The fourth-order valence-corrected chi connectivity index (χ4v) is 5.01. The van der Waals surface area contributed by atoms with E-state index in [1.165, 1.54) is 12.8 Å². The van der Waals surface area contributed by atoms with Crippen LogP contribution in [0, 0.1) is 6.92 Å². The predicted molar refractivity (Wildman–Crippen MR) is 129 cm³/mol. The number of nitrogens with zero attached hydrogens (tertiary/aromatic N) is 5. The number of aromatic nitrogens is 5. The van der Waals surface area contributed by atoms with E-state index in [-0.39, 0.29) is 24.1 Å². The van der Waals surface area contributed by atoms with Gasteiger partial charge in [0.15, 0.2) is 5.82 Å². The Morgan fingerprint density at radius 3 is 2.79 bits per heavy atom. The maximum Gasteiger partial charge on any atom is 0.327 e. The van der Waals surface area contributed by atoms with Gasteiger partial charge in [0.25, 0.3) is 5.56 Å². The zero-order valence-electron chi connectivity index (χ0n) is 20.3. The number of carbonyl (C=O) groups excluding carboxylic acids is 1. The molecule has 1 aliphatic carbocycles. The van der Waals surface area contributed by atoms with Crippen LogP contribution in [0.5, 0.6) is 0 Å². The van der Waals surface area contributed by atoms with Crippen molar-refractivity contribution >= 4 is 16.9 Å². The number of fused-ring (bicyclic) bond motifs is 1. The molecule has 1 N–H and O–H groups in total. The number of benzene rings is 1. The van der Waals surface area contributed by atoms with Gasteiger partial charge in [-0.2, -0.15) is 0 Å². The molecule has 0 saturated heterocycles. The van der Waals surface area contributed by atoms with E-state index >= 15 is 0 Å². The summed E-state index contributed by atoms with van der Waals surface area (Å²) in [6, 6.07) is 8.33. The van der Waals surface area contributed by atoms with E-state index in [1.54, 1.807) is 11.6 Å². The lowest BCUT2D eigenvalue weighted by atomic mass is 10.0. The number of nitrogens with one attached hydrogen (secondary N) is 1. The standard InChI is InChI=1S/C25H34N6O3/c1-4-8-22(24-27-28-29-31(24)16-23(32)34-5-2)30(20-9-6-7-10-20)15-19-14-18-12-11-17(3)13-21(18)26-25(19)33/h11-14,20,22H,4-10,15-16H2,1-3H3,(H,26,33)/t22-/m0/s1.